The molecule has 0 amide bonds. The number of benzene rings is 1. The number of rotatable bonds is 6. The molecule has 1 aliphatic carbocycles. The first-order chi connectivity index (χ1) is 9.45. The minimum Gasteiger partial charge on any atom is -0.465 e. The van der Waals surface area contributed by atoms with Crippen molar-refractivity contribution >= 4 is 31.9 Å². The van der Waals surface area contributed by atoms with Crippen LogP contribution in [-0.2, 0) is 19.6 Å². The van der Waals surface area contributed by atoms with Crippen molar-refractivity contribution in [2.45, 2.75) is 30.7 Å². The molecule has 0 aromatic heterocycles. The normalized spacial score (nSPS) is 15.3. The molecule has 1 aliphatic rings. The van der Waals surface area contributed by atoms with Gasteiger partial charge in [-0.2, -0.15) is 4.31 Å². The summed E-state index contributed by atoms with van der Waals surface area (Å²) < 4.78 is 32.0. The standard InChI is InChI=1S/C13H16BrNO4S/c1-2-19-13(16)9-15(11-6-7-11)20(17,18)12-5-3-4-10(14)8-12/h3-5,8,11H,2,6-7,9H2,1H3. The molecule has 0 saturated heterocycles. The van der Waals surface area contributed by atoms with Gasteiger partial charge in [-0.15, -0.1) is 0 Å². The predicted molar refractivity (Wildman–Crippen MR) is 77.7 cm³/mol. The molecular weight excluding hydrogens is 346 g/mol. The van der Waals surface area contributed by atoms with Gasteiger partial charge < -0.3 is 4.74 Å². The Balaban J connectivity index is 2.26. The van der Waals surface area contributed by atoms with Gasteiger partial charge in [-0.3, -0.25) is 4.79 Å². The van der Waals surface area contributed by atoms with Crippen LogP contribution in [0.15, 0.2) is 33.6 Å². The summed E-state index contributed by atoms with van der Waals surface area (Å²) in [6.45, 7) is 1.71. The van der Waals surface area contributed by atoms with E-state index in [2.05, 4.69) is 15.9 Å². The largest absolute Gasteiger partial charge is 0.465 e. The van der Waals surface area contributed by atoms with Gasteiger partial charge in [0.1, 0.15) is 6.54 Å². The Hall–Kier alpha value is -0.920. The number of sulfonamides is 1. The molecule has 0 radical (unpaired) electrons. The molecule has 1 saturated carbocycles. The van der Waals surface area contributed by atoms with Gasteiger partial charge in [0.15, 0.2) is 0 Å². The maximum absolute atomic E-state index is 12.6. The number of esters is 1. The lowest BCUT2D eigenvalue weighted by Crippen LogP contribution is -2.38. The Kier molecular flexibility index (Phi) is 4.82. The van der Waals surface area contributed by atoms with Crippen molar-refractivity contribution in [3.05, 3.63) is 28.7 Å². The smallest absolute Gasteiger partial charge is 0.321 e. The Morgan fingerprint density at radius 1 is 1.45 bits per heavy atom. The minimum absolute atomic E-state index is 0.0941. The average Bonchev–Trinajstić information content (AvgIpc) is 3.20. The fraction of sp³-hybridized carbons (Fsp3) is 0.462. The van der Waals surface area contributed by atoms with Crippen LogP contribution in [-0.4, -0.2) is 37.9 Å². The number of carbonyl (C=O) groups excluding carboxylic acids is 1. The van der Waals surface area contributed by atoms with E-state index in [0.29, 0.717) is 4.47 Å². The molecule has 5 nitrogen and oxygen atoms in total. The summed E-state index contributed by atoms with van der Waals surface area (Å²) in [5, 5.41) is 0. The molecule has 1 aromatic rings. The lowest BCUT2D eigenvalue weighted by Gasteiger charge is -2.21. The molecule has 7 heteroatoms. The van der Waals surface area contributed by atoms with Gasteiger partial charge in [0.2, 0.25) is 10.0 Å². The summed E-state index contributed by atoms with van der Waals surface area (Å²) in [4.78, 5) is 11.8. The highest BCUT2D eigenvalue weighted by Gasteiger charge is 2.39. The van der Waals surface area contributed by atoms with E-state index in [9.17, 15) is 13.2 Å². The maximum Gasteiger partial charge on any atom is 0.321 e. The topological polar surface area (TPSA) is 63.7 Å². The van der Waals surface area contributed by atoms with Crippen molar-refractivity contribution in [2.75, 3.05) is 13.2 Å². The molecule has 1 fully saturated rings. The fourth-order valence-electron chi connectivity index (χ4n) is 1.87. The van der Waals surface area contributed by atoms with E-state index in [0.717, 1.165) is 12.8 Å². The van der Waals surface area contributed by atoms with Crippen LogP contribution in [0.4, 0.5) is 0 Å². The Morgan fingerprint density at radius 2 is 2.15 bits per heavy atom. The first-order valence-electron chi connectivity index (χ1n) is 6.38. The van der Waals surface area contributed by atoms with E-state index >= 15 is 0 Å². The van der Waals surface area contributed by atoms with Crippen molar-refractivity contribution in [3.8, 4) is 0 Å². The van der Waals surface area contributed by atoms with Gasteiger partial charge in [-0.25, -0.2) is 8.42 Å². The third-order valence-corrected chi connectivity index (χ3v) is 5.33. The van der Waals surface area contributed by atoms with Gasteiger partial charge >= 0.3 is 5.97 Å². The summed E-state index contributed by atoms with van der Waals surface area (Å²) in [6, 6.07) is 6.39. The summed E-state index contributed by atoms with van der Waals surface area (Å²) >= 11 is 3.26. The van der Waals surface area contributed by atoms with Crippen molar-refractivity contribution in [2.24, 2.45) is 0 Å². The van der Waals surface area contributed by atoms with E-state index in [-0.39, 0.29) is 24.1 Å². The van der Waals surface area contributed by atoms with Gasteiger partial charge in [-0.1, -0.05) is 22.0 Å². The summed E-state index contributed by atoms with van der Waals surface area (Å²) in [6.07, 6.45) is 1.57. The SMILES string of the molecule is CCOC(=O)CN(C1CC1)S(=O)(=O)c1cccc(Br)c1. The van der Waals surface area contributed by atoms with Crippen molar-refractivity contribution in [1.82, 2.24) is 4.31 Å². The number of nitrogens with zero attached hydrogens (tertiary/aromatic N) is 1. The molecule has 20 heavy (non-hydrogen) atoms. The highest BCUT2D eigenvalue weighted by atomic mass is 79.9. The van der Waals surface area contributed by atoms with Gasteiger partial charge in [0.25, 0.3) is 0 Å². The molecule has 0 bridgehead atoms. The van der Waals surface area contributed by atoms with Crippen LogP contribution in [0.25, 0.3) is 0 Å². The van der Waals surface area contributed by atoms with E-state index in [4.69, 9.17) is 4.74 Å². The summed E-state index contributed by atoms with van der Waals surface area (Å²) in [5.41, 5.74) is 0. The van der Waals surface area contributed by atoms with Gasteiger partial charge in [0.05, 0.1) is 11.5 Å². The fourth-order valence-corrected chi connectivity index (χ4v) is 4.10. The van der Waals surface area contributed by atoms with Gasteiger partial charge in [-0.05, 0) is 38.0 Å². The average molecular weight is 362 g/mol. The number of hydrogen-bond donors (Lipinski definition) is 0. The highest BCUT2D eigenvalue weighted by Crippen LogP contribution is 2.32. The number of ether oxygens (including phenoxy) is 1. The van der Waals surface area contributed by atoms with Crippen molar-refractivity contribution in [1.29, 1.82) is 0 Å². The zero-order valence-corrected chi connectivity index (χ0v) is 13.5. The van der Waals surface area contributed by atoms with E-state index in [1.54, 1.807) is 19.1 Å². The van der Waals surface area contributed by atoms with Crippen LogP contribution in [0.5, 0.6) is 0 Å². The number of halogens is 1. The Labute approximate surface area is 127 Å². The Morgan fingerprint density at radius 3 is 2.70 bits per heavy atom. The van der Waals surface area contributed by atoms with Crippen molar-refractivity contribution < 1.29 is 17.9 Å². The molecule has 110 valence electrons. The van der Waals surface area contributed by atoms with Crippen LogP contribution >= 0.6 is 15.9 Å². The summed E-state index contributed by atoms with van der Waals surface area (Å²) in [5.74, 6) is -0.516. The van der Waals surface area contributed by atoms with Gasteiger partial charge in [0, 0.05) is 10.5 Å². The Bertz CT molecular complexity index is 598. The molecule has 0 unspecified atom stereocenters. The number of carbonyl (C=O) groups is 1. The molecule has 0 N–H and O–H groups in total. The van der Waals surface area contributed by atoms with Crippen molar-refractivity contribution in [3.63, 3.8) is 0 Å². The molecule has 1 aromatic carbocycles. The molecule has 2 rings (SSSR count). The van der Waals surface area contributed by atoms with Crippen LogP contribution in [0.3, 0.4) is 0 Å². The second-order valence-corrected chi connectivity index (χ2v) is 7.35. The highest BCUT2D eigenvalue weighted by molar-refractivity contribution is 9.10. The molecule has 0 heterocycles. The predicted octanol–water partition coefficient (Wildman–Crippen LogP) is 2.17. The van der Waals surface area contributed by atoms with E-state index < -0.39 is 16.0 Å². The monoisotopic (exact) mass is 361 g/mol. The lowest BCUT2D eigenvalue weighted by molar-refractivity contribution is -0.143. The zero-order valence-electron chi connectivity index (χ0n) is 11.1. The molecule has 0 aliphatic heterocycles. The van der Waals surface area contributed by atoms with Crippen LogP contribution in [0, 0.1) is 0 Å². The van der Waals surface area contributed by atoms with E-state index in [1.807, 2.05) is 0 Å². The van der Waals surface area contributed by atoms with Crippen LogP contribution < -0.4 is 0 Å². The first kappa shape index (κ1) is 15.5. The van der Waals surface area contributed by atoms with Crippen LogP contribution in [0.2, 0.25) is 0 Å². The van der Waals surface area contributed by atoms with Crippen LogP contribution in [0.1, 0.15) is 19.8 Å². The summed E-state index contributed by atoms with van der Waals surface area (Å²) in [7, 11) is -3.67. The molecule has 0 spiro atoms. The number of hydrogen-bond acceptors (Lipinski definition) is 4. The zero-order chi connectivity index (χ0) is 14.8. The van der Waals surface area contributed by atoms with E-state index in [1.165, 1.54) is 16.4 Å². The lowest BCUT2D eigenvalue weighted by atomic mass is 10.4. The third kappa shape index (κ3) is 3.59. The minimum atomic E-state index is -3.67. The quantitative estimate of drug-likeness (QED) is 0.728. The first-order valence-corrected chi connectivity index (χ1v) is 8.61. The molecule has 0 atom stereocenters. The maximum atomic E-state index is 12.6. The third-order valence-electron chi connectivity index (χ3n) is 2.95. The second kappa shape index (κ2) is 6.24. The second-order valence-electron chi connectivity index (χ2n) is 4.54. The molecular formula is C13H16BrNO4S.